The van der Waals surface area contributed by atoms with E-state index in [4.69, 9.17) is 0 Å². The minimum absolute atomic E-state index is 0.161. The summed E-state index contributed by atoms with van der Waals surface area (Å²) in [6.07, 6.45) is -0.904. The summed E-state index contributed by atoms with van der Waals surface area (Å²) < 4.78 is 25.3. The molecule has 0 unspecified atom stereocenters. The lowest BCUT2D eigenvalue weighted by molar-refractivity contribution is -0.178. The average Bonchev–Trinajstić information content (AvgIpc) is 1.82. The zero-order valence-corrected chi connectivity index (χ0v) is 6.43. The van der Waals surface area contributed by atoms with Crippen molar-refractivity contribution in [1.29, 1.82) is 0 Å². The van der Waals surface area contributed by atoms with Crippen molar-refractivity contribution in [3.8, 4) is 0 Å². The minimum Gasteiger partial charge on any atom is -0.351 e. The maximum atomic E-state index is 12.6. The molecule has 12 heavy (non-hydrogen) atoms. The summed E-state index contributed by atoms with van der Waals surface area (Å²) >= 11 is 0. The maximum Gasteiger partial charge on any atom is 0.423 e. The van der Waals surface area contributed by atoms with E-state index < -0.39 is 18.6 Å². The lowest BCUT2D eigenvalue weighted by atomic mass is 10.1. The monoisotopic (exact) mass is 180 g/mol. The predicted octanol–water partition coefficient (Wildman–Crippen LogP) is 0.728. The highest BCUT2D eigenvalue weighted by atomic mass is 19.3. The number of hydrogen-bond acceptors (Lipinski definition) is 3. The van der Waals surface area contributed by atoms with Crippen LogP contribution in [0.1, 0.15) is 12.8 Å². The standard InChI is InChI=1S/C6H10F2N2O2/c7-6(8)2-1-3-10(4-6)12-5(9)11/h1-4H2,(H2,9,11). The fourth-order valence-corrected chi connectivity index (χ4v) is 1.14. The Balaban J connectivity index is 2.41. The number of piperidine rings is 1. The Morgan fingerprint density at radius 1 is 1.58 bits per heavy atom. The predicted molar refractivity (Wildman–Crippen MR) is 36.4 cm³/mol. The summed E-state index contributed by atoms with van der Waals surface area (Å²) in [6.45, 7) is -0.242. The molecule has 0 aromatic carbocycles. The van der Waals surface area contributed by atoms with E-state index in [1.165, 1.54) is 0 Å². The van der Waals surface area contributed by atoms with Crippen molar-refractivity contribution in [3.05, 3.63) is 0 Å². The second-order valence-electron chi connectivity index (χ2n) is 2.73. The molecule has 0 bridgehead atoms. The van der Waals surface area contributed by atoms with Crippen LogP contribution in [0.15, 0.2) is 0 Å². The SMILES string of the molecule is NC(=O)ON1CCCC(F)(F)C1. The van der Waals surface area contributed by atoms with Crippen molar-refractivity contribution in [1.82, 2.24) is 5.06 Å². The first-order valence-corrected chi connectivity index (χ1v) is 3.60. The van der Waals surface area contributed by atoms with Gasteiger partial charge in [0.2, 0.25) is 0 Å². The molecule has 0 radical (unpaired) electrons. The molecule has 2 N–H and O–H groups in total. The third-order valence-electron chi connectivity index (χ3n) is 1.58. The van der Waals surface area contributed by atoms with Crippen molar-refractivity contribution in [2.75, 3.05) is 13.1 Å². The quantitative estimate of drug-likeness (QED) is 0.647. The number of primary amides is 1. The second-order valence-corrected chi connectivity index (χ2v) is 2.73. The third-order valence-corrected chi connectivity index (χ3v) is 1.58. The first-order chi connectivity index (χ1) is 5.49. The number of rotatable bonds is 1. The number of halogens is 2. The van der Waals surface area contributed by atoms with Crippen LogP contribution in [-0.2, 0) is 4.84 Å². The summed E-state index contributed by atoms with van der Waals surface area (Å²) in [4.78, 5) is 14.5. The van der Waals surface area contributed by atoms with Crippen LogP contribution in [0, 0.1) is 0 Å². The number of nitrogens with two attached hydrogens (primary N) is 1. The van der Waals surface area contributed by atoms with Crippen molar-refractivity contribution in [2.45, 2.75) is 18.8 Å². The molecule has 70 valence electrons. The number of nitrogens with zero attached hydrogens (tertiary/aromatic N) is 1. The number of carbonyl (C=O) groups excluding carboxylic acids is 1. The molecule has 0 aromatic heterocycles. The van der Waals surface area contributed by atoms with Crippen LogP contribution < -0.4 is 5.73 Å². The molecule has 1 fully saturated rings. The fourth-order valence-electron chi connectivity index (χ4n) is 1.14. The van der Waals surface area contributed by atoms with Gasteiger partial charge in [-0.25, -0.2) is 13.6 Å². The van der Waals surface area contributed by atoms with Crippen molar-refractivity contribution in [3.63, 3.8) is 0 Å². The van der Waals surface area contributed by atoms with Gasteiger partial charge in [-0.05, 0) is 6.42 Å². The minimum atomic E-state index is -2.77. The van der Waals surface area contributed by atoms with Crippen molar-refractivity contribution in [2.24, 2.45) is 5.73 Å². The van der Waals surface area contributed by atoms with Gasteiger partial charge in [0.15, 0.2) is 0 Å². The molecule has 4 nitrogen and oxygen atoms in total. The van der Waals surface area contributed by atoms with Gasteiger partial charge in [-0.15, -0.1) is 5.06 Å². The number of alkyl halides is 2. The molecule has 0 atom stereocenters. The summed E-state index contributed by atoms with van der Waals surface area (Å²) in [6, 6.07) is 0. The number of hydroxylamine groups is 2. The number of amides is 1. The molecule has 1 aliphatic rings. The Kier molecular flexibility index (Phi) is 2.46. The van der Waals surface area contributed by atoms with Crippen molar-refractivity contribution < 1.29 is 18.4 Å². The van der Waals surface area contributed by atoms with Crippen molar-refractivity contribution >= 4 is 6.09 Å². The molecule has 1 rings (SSSR count). The molecule has 1 heterocycles. The molecule has 0 aliphatic carbocycles. The van der Waals surface area contributed by atoms with E-state index in [1.807, 2.05) is 0 Å². The highest BCUT2D eigenvalue weighted by Crippen LogP contribution is 2.26. The summed E-state index contributed by atoms with van der Waals surface area (Å²) in [5, 5.41) is 0.895. The van der Waals surface area contributed by atoms with Gasteiger partial charge in [0.25, 0.3) is 5.92 Å². The molecule has 1 amide bonds. The first-order valence-electron chi connectivity index (χ1n) is 3.60. The Morgan fingerprint density at radius 2 is 2.25 bits per heavy atom. The Labute approximate surface area is 68.2 Å². The largest absolute Gasteiger partial charge is 0.423 e. The van der Waals surface area contributed by atoms with Crippen LogP contribution in [0.2, 0.25) is 0 Å². The van der Waals surface area contributed by atoms with Gasteiger partial charge >= 0.3 is 6.09 Å². The van der Waals surface area contributed by atoms with E-state index in [0.29, 0.717) is 13.0 Å². The Bertz CT molecular complexity index is 186. The lowest BCUT2D eigenvalue weighted by Gasteiger charge is -2.29. The van der Waals surface area contributed by atoms with Gasteiger partial charge < -0.3 is 10.6 Å². The smallest absolute Gasteiger partial charge is 0.351 e. The van der Waals surface area contributed by atoms with Crippen LogP contribution >= 0.6 is 0 Å². The summed E-state index contributed by atoms with van der Waals surface area (Å²) in [5.41, 5.74) is 4.66. The molecular formula is C6H10F2N2O2. The molecular weight excluding hydrogens is 170 g/mol. The van der Waals surface area contributed by atoms with Gasteiger partial charge in [-0.1, -0.05) is 0 Å². The van der Waals surface area contributed by atoms with Gasteiger partial charge in [0.05, 0.1) is 6.54 Å². The molecule has 1 saturated heterocycles. The van der Waals surface area contributed by atoms with Gasteiger partial charge in [0, 0.05) is 13.0 Å². The number of hydrogen-bond donors (Lipinski definition) is 1. The second kappa shape index (κ2) is 3.22. The highest BCUT2D eigenvalue weighted by molar-refractivity contribution is 5.64. The summed E-state index contributed by atoms with van der Waals surface area (Å²) in [7, 11) is 0. The van der Waals surface area contributed by atoms with Crippen LogP contribution in [-0.4, -0.2) is 30.2 Å². The first kappa shape index (κ1) is 9.18. The van der Waals surface area contributed by atoms with Crippen LogP contribution in [0.25, 0.3) is 0 Å². The maximum absolute atomic E-state index is 12.6. The van der Waals surface area contributed by atoms with E-state index in [9.17, 15) is 13.6 Å². The van der Waals surface area contributed by atoms with Gasteiger partial charge in [0.1, 0.15) is 0 Å². The molecule has 0 saturated carbocycles. The van der Waals surface area contributed by atoms with E-state index in [1.54, 1.807) is 0 Å². The zero-order valence-electron chi connectivity index (χ0n) is 6.43. The van der Waals surface area contributed by atoms with Gasteiger partial charge in [-0.3, -0.25) is 0 Å². The molecule has 0 spiro atoms. The number of carbonyl (C=O) groups is 1. The molecule has 0 aromatic rings. The Morgan fingerprint density at radius 3 is 2.75 bits per heavy atom. The molecule has 6 heteroatoms. The lowest BCUT2D eigenvalue weighted by Crippen LogP contribution is -2.44. The average molecular weight is 180 g/mol. The van der Waals surface area contributed by atoms with E-state index >= 15 is 0 Å². The van der Waals surface area contributed by atoms with Crippen LogP contribution in [0.4, 0.5) is 13.6 Å². The normalized spacial score (nSPS) is 23.5. The zero-order chi connectivity index (χ0) is 9.19. The van der Waals surface area contributed by atoms with Gasteiger partial charge in [-0.2, -0.15) is 0 Å². The van der Waals surface area contributed by atoms with E-state index in [0.717, 1.165) is 5.06 Å². The summed E-state index contributed by atoms with van der Waals surface area (Å²) in [5.74, 6) is -2.77. The topological polar surface area (TPSA) is 55.6 Å². The molecule has 1 aliphatic heterocycles. The third kappa shape index (κ3) is 2.61. The Hall–Kier alpha value is -0.910. The fraction of sp³-hybridized carbons (Fsp3) is 0.833. The van der Waals surface area contributed by atoms with E-state index in [-0.39, 0.29) is 6.42 Å². The van der Waals surface area contributed by atoms with E-state index in [2.05, 4.69) is 10.6 Å². The highest BCUT2D eigenvalue weighted by Gasteiger charge is 2.36. The van der Waals surface area contributed by atoms with Crippen LogP contribution in [0.5, 0.6) is 0 Å². The van der Waals surface area contributed by atoms with Crippen LogP contribution in [0.3, 0.4) is 0 Å².